The molecule has 1 saturated heterocycles. The van der Waals surface area contributed by atoms with Crippen LogP contribution in [0.3, 0.4) is 0 Å². The smallest absolute Gasteiger partial charge is 0.410 e. The van der Waals surface area contributed by atoms with Crippen molar-refractivity contribution < 1.29 is 19.0 Å². The van der Waals surface area contributed by atoms with Crippen molar-refractivity contribution in [3.8, 4) is 11.5 Å². The number of anilines is 1. The van der Waals surface area contributed by atoms with Gasteiger partial charge in [-0.05, 0) is 32.9 Å². The lowest BCUT2D eigenvalue weighted by Crippen LogP contribution is -2.36. The second-order valence-corrected chi connectivity index (χ2v) is 6.36. The highest BCUT2D eigenvalue weighted by Gasteiger charge is 2.31. The van der Waals surface area contributed by atoms with E-state index in [0.29, 0.717) is 30.3 Å². The van der Waals surface area contributed by atoms with E-state index < -0.39 is 5.60 Å². The molecule has 1 atom stereocenters. The number of amides is 1. The number of nitrogens with zero attached hydrogens (tertiary/aromatic N) is 1. The first kappa shape index (κ1) is 16.3. The quantitative estimate of drug-likeness (QED) is 0.869. The van der Waals surface area contributed by atoms with E-state index in [1.54, 1.807) is 30.2 Å². The number of hydrogen-bond acceptors (Lipinski definition) is 5. The van der Waals surface area contributed by atoms with Gasteiger partial charge in [0.2, 0.25) is 0 Å². The highest BCUT2D eigenvalue weighted by Crippen LogP contribution is 2.29. The Morgan fingerprint density at radius 2 is 2.09 bits per heavy atom. The number of rotatable bonds is 3. The molecule has 6 heteroatoms. The summed E-state index contributed by atoms with van der Waals surface area (Å²) >= 11 is 0. The van der Waals surface area contributed by atoms with Crippen LogP contribution >= 0.6 is 0 Å². The lowest BCUT2D eigenvalue weighted by atomic mass is 10.2. The van der Waals surface area contributed by atoms with Gasteiger partial charge in [0.1, 0.15) is 23.2 Å². The minimum atomic E-state index is -0.490. The molecule has 122 valence electrons. The zero-order chi connectivity index (χ0) is 16.3. The number of carbonyl (C=O) groups is 1. The van der Waals surface area contributed by atoms with Crippen molar-refractivity contribution in [1.82, 2.24) is 4.90 Å². The summed E-state index contributed by atoms with van der Waals surface area (Å²) in [5.41, 5.74) is 5.98. The Balaban J connectivity index is 1.92. The third kappa shape index (κ3) is 4.19. The SMILES string of the molecule is COc1ccc(OC2CCN(C(=O)OC(C)(C)C)C2)c(N)c1. The lowest BCUT2D eigenvalue weighted by Gasteiger charge is -2.24. The van der Waals surface area contributed by atoms with Gasteiger partial charge in [0.25, 0.3) is 0 Å². The van der Waals surface area contributed by atoms with Crippen LogP contribution in [0.25, 0.3) is 0 Å². The van der Waals surface area contributed by atoms with Crippen molar-refractivity contribution >= 4 is 11.8 Å². The van der Waals surface area contributed by atoms with Crippen molar-refractivity contribution in [1.29, 1.82) is 0 Å². The Labute approximate surface area is 131 Å². The second kappa shape index (κ2) is 6.34. The number of likely N-dealkylation sites (tertiary alicyclic amines) is 1. The Bertz CT molecular complexity index is 539. The Morgan fingerprint density at radius 3 is 2.68 bits per heavy atom. The number of methoxy groups -OCH3 is 1. The fourth-order valence-corrected chi connectivity index (χ4v) is 2.26. The van der Waals surface area contributed by atoms with Gasteiger partial charge in [-0.15, -0.1) is 0 Å². The molecule has 1 aliphatic rings. The maximum atomic E-state index is 12.0. The van der Waals surface area contributed by atoms with Crippen LogP contribution in [0.4, 0.5) is 10.5 Å². The van der Waals surface area contributed by atoms with Gasteiger partial charge in [-0.2, -0.15) is 0 Å². The fourth-order valence-electron chi connectivity index (χ4n) is 2.26. The van der Waals surface area contributed by atoms with Crippen LogP contribution in [0, 0.1) is 0 Å². The Kier molecular flexibility index (Phi) is 4.68. The third-order valence-electron chi connectivity index (χ3n) is 3.31. The molecule has 0 aromatic heterocycles. The molecular weight excluding hydrogens is 284 g/mol. The van der Waals surface area contributed by atoms with Crippen molar-refractivity contribution in [2.24, 2.45) is 0 Å². The zero-order valence-electron chi connectivity index (χ0n) is 13.6. The molecule has 0 radical (unpaired) electrons. The van der Waals surface area contributed by atoms with Crippen molar-refractivity contribution in [3.63, 3.8) is 0 Å². The van der Waals surface area contributed by atoms with Gasteiger partial charge in [-0.25, -0.2) is 4.79 Å². The molecule has 0 saturated carbocycles. The van der Waals surface area contributed by atoms with Gasteiger partial charge in [-0.3, -0.25) is 0 Å². The highest BCUT2D eigenvalue weighted by atomic mass is 16.6. The van der Waals surface area contributed by atoms with E-state index in [1.165, 1.54) is 0 Å². The molecule has 1 heterocycles. The van der Waals surface area contributed by atoms with Crippen LogP contribution < -0.4 is 15.2 Å². The minimum Gasteiger partial charge on any atom is -0.497 e. The predicted octanol–water partition coefficient (Wildman–Crippen LogP) is 2.67. The van der Waals surface area contributed by atoms with Gasteiger partial charge in [0.05, 0.1) is 19.3 Å². The van der Waals surface area contributed by atoms with E-state index in [9.17, 15) is 4.79 Å². The van der Waals surface area contributed by atoms with E-state index >= 15 is 0 Å². The van der Waals surface area contributed by atoms with Gasteiger partial charge < -0.3 is 24.8 Å². The molecule has 1 fully saturated rings. The first-order valence-electron chi connectivity index (χ1n) is 7.36. The van der Waals surface area contributed by atoms with E-state index in [1.807, 2.05) is 20.8 Å². The first-order valence-corrected chi connectivity index (χ1v) is 7.36. The molecule has 22 heavy (non-hydrogen) atoms. The summed E-state index contributed by atoms with van der Waals surface area (Å²) in [6, 6.07) is 5.30. The van der Waals surface area contributed by atoms with Gasteiger partial charge in [0.15, 0.2) is 0 Å². The number of hydrogen-bond donors (Lipinski definition) is 1. The number of carbonyl (C=O) groups excluding carboxylic acids is 1. The van der Waals surface area contributed by atoms with Crippen LogP contribution in [0.5, 0.6) is 11.5 Å². The normalized spacial score (nSPS) is 18.2. The van der Waals surface area contributed by atoms with Crippen LogP contribution in [-0.4, -0.2) is 42.9 Å². The maximum absolute atomic E-state index is 12.0. The molecule has 1 aromatic carbocycles. The molecule has 1 unspecified atom stereocenters. The third-order valence-corrected chi connectivity index (χ3v) is 3.31. The molecule has 1 aromatic rings. The largest absolute Gasteiger partial charge is 0.497 e. The molecule has 0 spiro atoms. The molecule has 6 nitrogen and oxygen atoms in total. The number of benzene rings is 1. The summed E-state index contributed by atoms with van der Waals surface area (Å²) in [5, 5.41) is 0. The van der Waals surface area contributed by atoms with Gasteiger partial charge >= 0.3 is 6.09 Å². The van der Waals surface area contributed by atoms with Crippen LogP contribution in [0.1, 0.15) is 27.2 Å². The predicted molar refractivity (Wildman–Crippen MR) is 84.2 cm³/mol. The van der Waals surface area contributed by atoms with Gasteiger partial charge in [-0.1, -0.05) is 0 Å². The lowest BCUT2D eigenvalue weighted by molar-refractivity contribution is 0.0276. The number of nitrogen functional groups attached to an aromatic ring is 1. The second-order valence-electron chi connectivity index (χ2n) is 6.36. The number of nitrogens with two attached hydrogens (primary N) is 1. The first-order chi connectivity index (χ1) is 10.3. The van der Waals surface area contributed by atoms with E-state index in [0.717, 1.165) is 6.42 Å². The molecule has 1 amide bonds. The fraction of sp³-hybridized carbons (Fsp3) is 0.562. The summed E-state index contributed by atoms with van der Waals surface area (Å²) in [6.07, 6.45) is 0.370. The van der Waals surface area contributed by atoms with Crippen molar-refractivity contribution in [2.45, 2.75) is 38.9 Å². The monoisotopic (exact) mass is 308 g/mol. The van der Waals surface area contributed by atoms with E-state index in [2.05, 4.69) is 0 Å². The van der Waals surface area contributed by atoms with Crippen molar-refractivity contribution in [3.05, 3.63) is 18.2 Å². The average Bonchev–Trinajstić information content (AvgIpc) is 2.88. The molecule has 0 bridgehead atoms. The summed E-state index contributed by atoms with van der Waals surface area (Å²) < 4.78 is 16.4. The topological polar surface area (TPSA) is 74.0 Å². The van der Waals surface area contributed by atoms with E-state index in [4.69, 9.17) is 19.9 Å². The molecule has 1 aliphatic heterocycles. The average molecular weight is 308 g/mol. The van der Waals surface area contributed by atoms with Crippen LogP contribution in [0.15, 0.2) is 18.2 Å². The minimum absolute atomic E-state index is 0.0804. The molecule has 2 rings (SSSR count). The van der Waals surface area contributed by atoms with Crippen LogP contribution in [-0.2, 0) is 4.74 Å². The Morgan fingerprint density at radius 1 is 1.36 bits per heavy atom. The molecule has 2 N–H and O–H groups in total. The molecule has 0 aliphatic carbocycles. The zero-order valence-corrected chi connectivity index (χ0v) is 13.6. The standard InChI is InChI=1S/C16H24N2O4/c1-16(2,3)22-15(19)18-8-7-12(10-18)21-14-6-5-11(20-4)9-13(14)17/h5-6,9,12H,7-8,10,17H2,1-4H3. The summed E-state index contributed by atoms with van der Waals surface area (Å²) in [7, 11) is 1.59. The Hall–Kier alpha value is -2.11. The van der Waals surface area contributed by atoms with E-state index in [-0.39, 0.29) is 12.2 Å². The summed E-state index contributed by atoms with van der Waals surface area (Å²) in [5.74, 6) is 1.29. The summed E-state index contributed by atoms with van der Waals surface area (Å²) in [4.78, 5) is 13.7. The highest BCUT2D eigenvalue weighted by molar-refractivity contribution is 5.68. The molecular formula is C16H24N2O4. The number of ether oxygens (including phenoxy) is 3. The van der Waals surface area contributed by atoms with Crippen molar-refractivity contribution in [2.75, 3.05) is 25.9 Å². The van der Waals surface area contributed by atoms with Crippen LogP contribution in [0.2, 0.25) is 0 Å². The van der Waals surface area contributed by atoms with Gasteiger partial charge in [0, 0.05) is 19.0 Å². The summed E-state index contributed by atoms with van der Waals surface area (Å²) in [6.45, 7) is 6.68. The maximum Gasteiger partial charge on any atom is 0.410 e.